The van der Waals surface area contributed by atoms with Gasteiger partial charge in [0.05, 0.1) is 6.42 Å². The molecule has 1 saturated carbocycles. The molecule has 1 fully saturated rings. The van der Waals surface area contributed by atoms with Crippen molar-refractivity contribution < 1.29 is 9.90 Å². The zero-order valence-electron chi connectivity index (χ0n) is 11.1. The highest BCUT2D eigenvalue weighted by atomic mass is 16.4. The Morgan fingerprint density at radius 2 is 1.94 bits per heavy atom. The highest BCUT2D eigenvalue weighted by Gasteiger charge is 2.30. The topological polar surface area (TPSA) is 40.5 Å². The minimum Gasteiger partial charge on any atom is -0.481 e. The molecule has 1 aromatic rings. The van der Waals surface area contributed by atoms with Gasteiger partial charge in [-0.15, -0.1) is 0 Å². The third-order valence-corrected chi connectivity index (χ3v) is 3.72. The first-order chi connectivity index (χ1) is 8.56. The molecule has 0 unspecified atom stereocenters. The van der Waals surface area contributed by atoms with Crippen molar-refractivity contribution in [3.8, 4) is 0 Å². The maximum absolute atomic E-state index is 10.8. The molecule has 3 heteroatoms. The second-order valence-electron chi connectivity index (χ2n) is 5.40. The van der Waals surface area contributed by atoms with Crippen LogP contribution in [0.2, 0.25) is 0 Å². The molecule has 2 rings (SSSR count). The molecule has 0 saturated heterocycles. The number of aryl methyl sites for hydroxylation is 1. The molecule has 0 radical (unpaired) electrons. The van der Waals surface area contributed by atoms with Crippen LogP contribution in [0.3, 0.4) is 0 Å². The largest absolute Gasteiger partial charge is 0.481 e. The fourth-order valence-corrected chi connectivity index (χ4v) is 2.59. The van der Waals surface area contributed by atoms with Crippen molar-refractivity contribution in [2.75, 3.05) is 11.4 Å². The van der Waals surface area contributed by atoms with E-state index in [0.717, 1.165) is 11.6 Å². The number of carbonyl (C=O) groups is 1. The molecule has 0 aromatic heterocycles. The third kappa shape index (κ3) is 3.03. The number of carboxylic acids is 1. The average molecular weight is 247 g/mol. The highest BCUT2D eigenvalue weighted by Crippen LogP contribution is 2.34. The second-order valence-corrected chi connectivity index (χ2v) is 5.40. The molecule has 98 valence electrons. The summed E-state index contributed by atoms with van der Waals surface area (Å²) in [5.74, 6) is 0.0484. The number of nitrogens with zero attached hydrogens (tertiary/aromatic N) is 1. The minimum atomic E-state index is -0.723. The molecular weight excluding hydrogens is 226 g/mol. The molecule has 3 nitrogen and oxygen atoms in total. The Morgan fingerprint density at radius 1 is 1.33 bits per heavy atom. The zero-order valence-corrected chi connectivity index (χ0v) is 11.1. The lowest BCUT2D eigenvalue weighted by atomic mass is 9.80. The molecule has 18 heavy (non-hydrogen) atoms. The van der Waals surface area contributed by atoms with Crippen LogP contribution < -0.4 is 4.90 Å². The van der Waals surface area contributed by atoms with E-state index in [1.807, 2.05) is 0 Å². The lowest BCUT2D eigenvalue weighted by molar-refractivity contribution is -0.136. The Labute approximate surface area is 108 Å². The van der Waals surface area contributed by atoms with Crippen LogP contribution in [0.25, 0.3) is 0 Å². The molecule has 1 aromatic carbocycles. The van der Waals surface area contributed by atoms with E-state index in [1.54, 1.807) is 0 Å². The molecule has 1 aliphatic carbocycles. The monoisotopic (exact) mass is 247 g/mol. The second kappa shape index (κ2) is 5.42. The fraction of sp³-hybridized carbons (Fsp3) is 0.533. The number of carboxylic acid groups (broad SMARTS) is 1. The first-order valence-corrected chi connectivity index (χ1v) is 6.61. The molecule has 0 spiro atoms. The SMILES string of the molecule is Cc1ccc(N(CCC(=O)O)C2CC(C)C2)cc1. The molecule has 0 amide bonds. The van der Waals surface area contributed by atoms with E-state index < -0.39 is 5.97 Å². The van der Waals surface area contributed by atoms with Crippen molar-refractivity contribution in [2.45, 2.75) is 39.2 Å². The van der Waals surface area contributed by atoms with E-state index in [4.69, 9.17) is 5.11 Å². The number of benzene rings is 1. The number of hydrogen-bond donors (Lipinski definition) is 1. The number of aliphatic carboxylic acids is 1. The van der Waals surface area contributed by atoms with Crippen molar-refractivity contribution in [1.82, 2.24) is 0 Å². The maximum Gasteiger partial charge on any atom is 0.305 e. The predicted octanol–water partition coefficient (Wildman–Crippen LogP) is 3.07. The standard InChI is InChI=1S/C15H21NO2/c1-11-3-5-13(6-4-11)16(8-7-15(17)18)14-9-12(2)10-14/h3-6,12,14H,7-10H2,1-2H3,(H,17,18). The molecule has 0 bridgehead atoms. The van der Waals surface area contributed by atoms with Gasteiger partial charge in [0.25, 0.3) is 0 Å². The third-order valence-electron chi connectivity index (χ3n) is 3.72. The predicted molar refractivity (Wildman–Crippen MR) is 73.0 cm³/mol. The van der Waals surface area contributed by atoms with Crippen molar-refractivity contribution >= 4 is 11.7 Å². The van der Waals surface area contributed by atoms with Gasteiger partial charge in [-0.3, -0.25) is 4.79 Å². The maximum atomic E-state index is 10.8. The average Bonchev–Trinajstić information content (AvgIpc) is 2.28. The summed E-state index contributed by atoms with van der Waals surface area (Å²) in [7, 11) is 0. The first-order valence-electron chi connectivity index (χ1n) is 6.61. The summed E-state index contributed by atoms with van der Waals surface area (Å²) >= 11 is 0. The van der Waals surface area contributed by atoms with Crippen LogP contribution in [-0.2, 0) is 4.79 Å². The summed E-state index contributed by atoms with van der Waals surface area (Å²) in [6.07, 6.45) is 2.56. The number of rotatable bonds is 5. The van der Waals surface area contributed by atoms with Crippen LogP contribution in [0.1, 0.15) is 31.7 Å². The highest BCUT2D eigenvalue weighted by molar-refractivity contribution is 5.67. The van der Waals surface area contributed by atoms with Gasteiger partial charge in [-0.1, -0.05) is 24.6 Å². The van der Waals surface area contributed by atoms with Crippen molar-refractivity contribution in [1.29, 1.82) is 0 Å². The molecule has 1 N–H and O–H groups in total. The summed E-state index contributed by atoms with van der Waals surface area (Å²) in [5, 5.41) is 8.85. The smallest absolute Gasteiger partial charge is 0.305 e. The molecule has 1 aliphatic rings. The Morgan fingerprint density at radius 3 is 2.44 bits per heavy atom. The minimum absolute atomic E-state index is 0.207. The van der Waals surface area contributed by atoms with Gasteiger partial charge in [0.2, 0.25) is 0 Å². The van der Waals surface area contributed by atoms with Crippen LogP contribution >= 0.6 is 0 Å². The van der Waals surface area contributed by atoms with Crippen molar-refractivity contribution in [3.63, 3.8) is 0 Å². The lowest BCUT2D eigenvalue weighted by Gasteiger charge is -2.43. The van der Waals surface area contributed by atoms with E-state index in [9.17, 15) is 4.79 Å². The summed E-state index contributed by atoms with van der Waals surface area (Å²) in [6.45, 7) is 4.92. The number of anilines is 1. The van der Waals surface area contributed by atoms with Gasteiger partial charge in [0, 0.05) is 18.3 Å². The van der Waals surface area contributed by atoms with Gasteiger partial charge in [-0.05, 0) is 37.8 Å². The van der Waals surface area contributed by atoms with Gasteiger partial charge >= 0.3 is 5.97 Å². The molecule has 0 heterocycles. The Hall–Kier alpha value is -1.51. The van der Waals surface area contributed by atoms with E-state index in [2.05, 4.69) is 43.0 Å². The lowest BCUT2D eigenvalue weighted by Crippen LogP contribution is -2.45. The van der Waals surface area contributed by atoms with E-state index in [1.165, 1.54) is 18.4 Å². The van der Waals surface area contributed by atoms with E-state index in [0.29, 0.717) is 12.6 Å². The Kier molecular flexibility index (Phi) is 3.90. The van der Waals surface area contributed by atoms with Crippen molar-refractivity contribution in [3.05, 3.63) is 29.8 Å². The molecular formula is C15H21NO2. The first kappa shape index (κ1) is 12.9. The Bertz CT molecular complexity index is 407. The van der Waals surface area contributed by atoms with Gasteiger partial charge in [-0.2, -0.15) is 0 Å². The summed E-state index contributed by atoms with van der Waals surface area (Å²) < 4.78 is 0. The molecule has 0 atom stereocenters. The molecule has 0 aliphatic heterocycles. The number of hydrogen-bond acceptors (Lipinski definition) is 2. The summed E-state index contributed by atoms with van der Waals surface area (Å²) in [6, 6.07) is 8.89. The van der Waals surface area contributed by atoms with Crippen LogP contribution in [0, 0.1) is 12.8 Å². The van der Waals surface area contributed by atoms with Gasteiger partial charge < -0.3 is 10.0 Å². The van der Waals surface area contributed by atoms with Crippen LogP contribution in [-0.4, -0.2) is 23.7 Å². The van der Waals surface area contributed by atoms with Crippen molar-refractivity contribution in [2.24, 2.45) is 5.92 Å². The van der Waals surface area contributed by atoms with Gasteiger partial charge in [-0.25, -0.2) is 0 Å². The fourth-order valence-electron chi connectivity index (χ4n) is 2.59. The van der Waals surface area contributed by atoms with Gasteiger partial charge in [0.15, 0.2) is 0 Å². The quantitative estimate of drug-likeness (QED) is 0.869. The Balaban J connectivity index is 2.08. The van der Waals surface area contributed by atoms with Crippen LogP contribution in [0.4, 0.5) is 5.69 Å². The zero-order chi connectivity index (χ0) is 13.1. The van der Waals surface area contributed by atoms with E-state index in [-0.39, 0.29) is 6.42 Å². The van der Waals surface area contributed by atoms with Gasteiger partial charge in [0.1, 0.15) is 0 Å². The summed E-state index contributed by atoms with van der Waals surface area (Å²) in [5.41, 5.74) is 2.39. The normalized spacial score (nSPS) is 22.3. The van der Waals surface area contributed by atoms with E-state index >= 15 is 0 Å². The summed E-state index contributed by atoms with van der Waals surface area (Å²) in [4.78, 5) is 13.0. The van der Waals surface area contributed by atoms with Crippen LogP contribution in [0.15, 0.2) is 24.3 Å². The van der Waals surface area contributed by atoms with Crippen LogP contribution in [0.5, 0.6) is 0 Å².